The van der Waals surface area contributed by atoms with E-state index < -0.39 is 17.6 Å². The molecule has 2 aromatic carbocycles. The zero-order chi connectivity index (χ0) is 24.7. The van der Waals surface area contributed by atoms with Gasteiger partial charge in [-0.05, 0) is 74.0 Å². The summed E-state index contributed by atoms with van der Waals surface area (Å²) in [4.78, 5) is 19.5. The number of rotatable bonds is 6. The zero-order valence-corrected chi connectivity index (χ0v) is 20.0. The summed E-state index contributed by atoms with van der Waals surface area (Å²) in [5.41, 5.74) is 2.90. The number of amides is 1. The van der Waals surface area contributed by atoms with E-state index in [0.717, 1.165) is 41.9 Å². The number of alkyl halides is 3. The van der Waals surface area contributed by atoms with Crippen LogP contribution in [0.1, 0.15) is 40.2 Å². The molecule has 0 bridgehead atoms. The van der Waals surface area contributed by atoms with E-state index in [2.05, 4.69) is 26.6 Å². The van der Waals surface area contributed by atoms with Gasteiger partial charge in [-0.3, -0.25) is 4.79 Å². The summed E-state index contributed by atoms with van der Waals surface area (Å²) in [5.74, 6) is -0.0918. The number of benzene rings is 2. The maximum Gasteiger partial charge on any atom is 0.416 e. The molecule has 0 spiro atoms. The number of aromatic nitrogens is 2. The fourth-order valence-corrected chi connectivity index (χ4v) is 4.75. The van der Waals surface area contributed by atoms with Crippen molar-refractivity contribution in [3.8, 4) is 5.69 Å². The smallest absolute Gasteiger partial charge is 0.337 e. The molecule has 2 heterocycles. The molecule has 1 saturated carbocycles. The number of nitrogens with zero attached hydrogens (tertiary/aromatic N) is 3. The molecule has 1 fully saturated rings. The van der Waals surface area contributed by atoms with Crippen molar-refractivity contribution < 1.29 is 18.0 Å². The van der Waals surface area contributed by atoms with E-state index in [-0.39, 0.29) is 11.3 Å². The number of anilines is 3. The molecule has 180 valence electrons. The van der Waals surface area contributed by atoms with Gasteiger partial charge in [0.15, 0.2) is 0 Å². The number of nitrogens with one attached hydrogen (secondary N) is 1. The first-order valence-electron chi connectivity index (χ1n) is 11.2. The molecule has 0 atom stereocenters. The van der Waals surface area contributed by atoms with Gasteiger partial charge in [-0.25, -0.2) is 4.98 Å². The van der Waals surface area contributed by atoms with E-state index in [9.17, 15) is 18.0 Å². The Morgan fingerprint density at radius 2 is 1.94 bits per heavy atom. The third kappa shape index (κ3) is 4.81. The summed E-state index contributed by atoms with van der Waals surface area (Å²) in [6, 6.07) is 11.4. The Morgan fingerprint density at radius 1 is 1.14 bits per heavy atom. The highest BCUT2D eigenvalue weighted by molar-refractivity contribution is 7.08. The standard InChI is InChI=1S/C26H23F3N4OS/c1-16-3-4-20(14-24(16)33(21-5-6-21)22-7-10-35-15-22)31-25(34)18-11-19(26(27,28)29)13-23(12-18)32-9-8-30-17(32)2/h3-4,7-15,21H,5-6H2,1-2H3,(H,31,34). The lowest BCUT2D eigenvalue weighted by Crippen LogP contribution is -2.20. The molecule has 5 rings (SSSR count). The fraction of sp³-hybridized carbons (Fsp3) is 0.231. The third-order valence-electron chi connectivity index (χ3n) is 6.03. The van der Waals surface area contributed by atoms with Gasteiger partial charge >= 0.3 is 6.18 Å². The van der Waals surface area contributed by atoms with E-state index in [1.165, 1.54) is 16.8 Å². The Kier molecular flexibility index (Phi) is 5.88. The number of halogens is 3. The second-order valence-electron chi connectivity index (χ2n) is 8.65. The summed E-state index contributed by atoms with van der Waals surface area (Å²) < 4.78 is 42.4. The molecular weight excluding hydrogens is 473 g/mol. The number of aryl methyl sites for hydroxylation is 2. The molecule has 1 N–H and O–H groups in total. The molecule has 1 aliphatic rings. The van der Waals surface area contributed by atoms with E-state index in [0.29, 0.717) is 17.6 Å². The quantitative estimate of drug-likeness (QED) is 0.309. The van der Waals surface area contributed by atoms with Gasteiger partial charge in [0.05, 0.1) is 11.3 Å². The zero-order valence-electron chi connectivity index (χ0n) is 19.1. The van der Waals surface area contributed by atoms with Crippen LogP contribution in [0.2, 0.25) is 0 Å². The molecule has 5 nitrogen and oxygen atoms in total. The Balaban J connectivity index is 1.48. The van der Waals surface area contributed by atoms with Crippen molar-refractivity contribution in [1.29, 1.82) is 0 Å². The minimum Gasteiger partial charge on any atom is -0.337 e. The van der Waals surface area contributed by atoms with Gasteiger partial charge < -0.3 is 14.8 Å². The number of carbonyl (C=O) groups excluding carboxylic acids is 1. The number of imidazole rings is 1. The third-order valence-corrected chi connectivity index (χ3v) is 6.70. The van der Waals surface area contributed by atoms with Crippen LogP contribution in [-0.2, 0) is 6.18 Å². The van der Waals surface area contributed by atoms with Crippen molar-refractivity contribution in [1.82, 2.24) is 9.55 Å². The summed E-state index contributed by atoms with van der Waals surface area (Å²) in [6.07, 6.45) is 0.652. The fourth-order valence-electron chi connectivity index (χ4n) is 4.12. The SMILES string of the molecule is Cc1ccc(NC(=O)c2cc(-n3ccnc3C)cc(C(F)(F)F)c2)cc1N(c1ccsc1)C1CC1. The molecule has 35 heavy (non-hydrogen) atoms. The Bertz CT molecular complexity index is 1370. The lowest BCUT2D eigenvalue weighted by Gasteiger charge is -2.26. The number of thiophene rings is 1. The maximum absolute atomic E-state index is 13.6. The molecule has 0 aliphatic heterocycles. The van der Waals surface area contributed by atoms with E-state index in [1.54, 1.807) is 30.5 Å². The Hall–Kier alpha value is -3.59. The number of hydrogen-bond donors (Lipinski definition) is 1. The summed E-state index contributed by atoms with van der Waals surface area (Å²) in [5, 5.41) is 6.91. The Morgan fingerprint density at radius 3 is 2.57 bits per heavy atom. The molecule has 0 saturated heterocycles. The van der Waals surface area contributed by atoms with Crippen molar-refractivity contribution in [3.05, 3.63) is 88.1 Å². The molecular formula is C26H23F3N4OS. The second-order valence-corrected chi connectivity index (χ2v) is 9.43. The van der Waals surface area contributed by atoms with Crippen LogP contribution < -0.4 is 10.2 Å². The highest BCUT2D eigenvalue weighted by Crippen LogP contribution is 2.41. The molecule has 1 amide bonds. The molecule has 1 aliphatic carbocycles. The first-order chi connectivity index (χ1) is 16.7. The average molecular weight is 497 g/mol. The van der Waals surface area contributed by atoms with Crippen molar-refractivity contribution in [2.24, 2.45) is 0 Å². The highest BCUT2D eigenvalue weighted by Gasteiger charge is 2.33. The van der Waals surface area contributed by atoms with Crippen LogP contribution >= 0.6 is 11.3 Å². The average Bonchev–Trinajstić information content (AvgIpc) is 3.31. The minimum atomic E-state index is -4.60. The highest BCUT2D eigenvalue weighted by atomic mass is 32.1. The van der Waals surface area contributed by atoms with Crippen molar-refractivity contribution in [2.75, 3.05) is 10.2 Å². The molecule has 2 aromatic heterocycles. The summed E-state index contributed by atoms with van der Waals surface area (Å²) >= 11 is 1.62. The summed E-state index contributed by atoms with van der Waals surface area (Å²) in [7, 11) is 0. The summed E-state index contributed by atoms with van der Waals surface area (Å²) in [6.45, 7) is 3.70. The van der Waals surface area contributed by atoms with Gasteiger partial charge in [-0.15, -0.1) is 0 Å². The van der Waals surface area contributed by atoms with Crippen molar-refractivity contribution in [2.45, 2.75) is 38.9 Å². The van der Waals surface area contributed by atoms with Gasteiger partial charge in [-0.1, -0.05) is 6.07 Å². The maximum atomic E-state index is 13.6. The van der Waals surface area contributed by atoms with E-state index in [4.69, 9.17) is 0 Å². The van der Waals surface area contributed by atoms with E-state index in [1.807, 2.05) is 24.4 Å². The Labute approximate surface area is 204 Å². The monoisotopic (exact) mass is 496 g/mol. The van der Waals surface area contributed by atoms with Crippen molar-refractivity contribution in [3.63, 3.8) is 0 Å². The predicted octanol–water partition coefficient (Wildman–Crippen LogP) is 7.12. The van der Waals surface area contributed by atoms with Gasteiger partial charge in [0, 0.05) is 46.4 Å². The number of carbonyl (C=O) groups is 1. The predicted molar refractivity (Wildman–Crippen MR) is 132 cm³/mol. The topological polar surface area (TPSA) is 50.2 Å². The van der Waals surface area contributed by atoms with Crippen LogP contribution in [0.4, 0.5) is 30.2 Å². The van der Waals surface area contributed by atoms with Crippen molar-refractivity contribution >= 4 is 34.3 Å². The van der Waals surface area contributed by atoms with Crippen LogP contribution in [0.15, 0.2) is 65.6 Å². The molecule has 9 heteroatoms. The molecule has 0 radical (unpaired) electrons. The number of hydrogen-bond acceptors (Lipinski definition) is 4. The van der Waals surface area contributed by atoms with Gasteiger partial charge in [0.25, 0.3) is 5.91 Å². The van der Waals surface area contributed by atoms with E-state index >= 15 is 0 Å². The lowest BCUT2D eigenvalue weighted by atomic mass is 10.1. The van der Waals surface area contributed by atoms with Crippen LogP contribution in [-0.4, -0.2) is 21.5 Å². The van der Waals surface area contributed by atoms with Gasteiger partial charge in [-0.2, -0.15) is 24.5 Å². The largest absolute Gasteiger partial charge is 0.416 e. The van der Waals surface area contributed by atoms with Gasteiger partial charge in [0.1, 0.15) is 5.82 Å². The first kappa shape index (κ1) is 23.2. The molecule has 4 aromatic rings. The van der Waals surface area contributed by atoms with Crippen LogP contribution in [0, 0.1) is 13.8 Å². The molecule has 0 unspecified atom stereocenters. The normalized spacial score (nSPS) is 13.6. The first-order valence-corrected chi connectivity index (χ1v) is 12.1. The van der Waals surface area contributed by atoms with Crippen LogP contribution in [0.3, 0.4) is 0 Å². The van der Waals surface area contributed by atoms with Crippen LogP contribution in [0.25, 0.3) is 5.69 Å². The second kappa shape index (κ2) is 8.88. The van der Waals surface area contributed by atoms with Gasteiger partial charge in [0.2, 0.25) is 0 Å². The lowest BCUT2D eigenvalue weighted by molar-refractivity contribution is -0.137. The minimum absolute atomic E-state index is 0.0815. The van der Waals surface area contributed by atoms with Crippen LogP contribution in [0.5, 0.6) is 0 Å².